The first-order valence-electron chi connectivity index (χ1n) is 9.26. The summed E-state index contributed by atoms with van der Waals surface area (Å²) in [5.41, 5.74) is 1.50. The van der Waals surface area contributed by atoms with Gasteiger partial charge in [0.1, 0.15) is 17.7 Å². The molecule has 9 heteroatoms. The Labute approximate surface area is 168 Å². The number of carbonyl (C=O) groups is 1. The second-order valence-electron chi connectivity index (χ2n) is 7.11. The average molecular weight is 403 g/mol. The second kappa shape index (κ2) is 6.45. The fourth-order valence-electron chi connectivity index (χ4n) is 3.68. The van der Waals surface area contributed by atoms with Crippen LogP contribution in [-0.4, -0.2) is 24.6 Å². The molecule has 0 saturated heterocycles. The minimum absolute atomic E-state index is 0.123. The van der Waals surface area contributed by atoms with Gasteiger partial charge in [-0.15, -0.1) is 0 Å². The summed E-state index contributed by atoms with van der Waals surface area (Å²) in [6.07, 6.45) is 1.38. The van der Waals surface area contributed by atoms with E-state index in [-0.39, 0.29) is 23.6 Å². The number of hydrogen-bond acceptors (Lipinski definition) is 5. The smallest absolute Gasteiger partial charge is 0.332 e. The Morgan fingerprint density at radius 1 is 1.03 bits per heavy atom. The van der Waals surface area contributed by atoms with Crippen molar-refractivity contribution in [2.75, 3.05) is 5.32 Å². The molecule has 9 nitrogen and oxygen atoms in total. The summed E-state index contributed by atoms with van der Waals surface area (Å²) in [7, 11) is 2.92. The highest BCUT2D eigenvalue weighted by molar-refractivity contribution is 6.06. The van der Waals surface area contributed by atoms with Crippen LogP contribution in [0.2, 0.25) is 0 Å². The molecule has 3 aromatic heterocycles. The molecule has 0 fully saturated rings. The standard InChI is InChI=1S/C21H17N5O4/c1-24-19-18(20(28)25(2)21(24)29)26(11-22-19)10-17(27)23-12-7-8-14-13-5-3-4-6-15(13)30-16(14)9-12/h3-9,11H,10H2,1-2H3,(H,23,27). The summed E-state index contributed by atoms with van der Waals surface area (Å²) in [6.45, 7) is -0.123. The van der Waals surface area contributed by atoms with E-state index < -0.39 is 11.2 Å². The van der Waals surface area contributed by atoms with Gasteiger partial charge in [-0.2, -0.15) is 0 Å². The number of nitrogens with zero attached hydrogens (tertiary/aromatic N) is 4. The summed E-state index contributed by atoms with van der Waals surface area (Å²) in [5, 5.41) is 4.79. The van der Waals surface area contributed by atoms with Gasteiger partial charge in [0.2, 0.25) is 5.91 Å². The number of aryl methyl sites for hydroxylation is 1. The second-order valence-corrected chi connectivity index (χ2v) is 7.11. The van der Waals surface area contributed by atoms with Crippen LogP contribution >= 0.6 is 0 Å². The summed E-state index contributed by atoms with van der Waals surface area (Å²) in [5.74, 6) is -0.333. The van der Waals surface area contributed by atoms with Crippen LogP contribution in [0.1, 0.15) is 0 Å². The number of benzene rings is 2. The lowest BCUT2D eigenvalue weighted by Crippen LogP contribution is -2.37. The first kappa shape index (κ1) is 17.9. The highest BCUT2D eigenvalue weighted by Crippen LogP contribution is 2.30. The van der Waals surface area contributed by atoms with Crippen molar-refractivity contribution in [3.05, 3.63) is 69.6 Å². The zero-order valence-corrected chi connectivity index (χ0v) is 16.2. The first-order valence-corrected chi connectivity index (χ1v) is 9.26. The van der Waals surface area contributed by atoms with Gasteiger partial charge in [-0.1, -0.05) is 18.2 Å². The summed E-state index contributed by atoms with van der Waals surface area (Å²) < 4.78 is 9.56. The topological polar surface area (TPSA) is 104 Å². The molecule has 0 radical (unpaired) electrons. The van der Waals surface area contributed by atoms with Crippen molar-refractivity contribution in [3.8, 4) is 0 Å². The van der Waals surface area contributed by atoms with E-state index in [1.807, 2.05) is 30.3 Å². The van der Waals surface area contributed by atoms with E-state index in [4.69, 9.17) is 4.42 Å². The van der Waals surface area contributed by atoms with Gasteiger partial charge in [-0.25, -0.2) is 9.78 Å². The number of anilines is 1. The molecule has 30 heavy (non-hydrogen) atoms. The highest BCUT2D eigenvalue weighted by atomic mass is 16.3. The number of rotatable bonds is 3. The molecule has 0 bridgehead atoms. The van der Waals surface area contributed by atoms with Gasteiger partial charge in [0.05, 0.1) is 6.33 Å². The largest absolute Gasteiger partial charge is 0.456 e. The Bertz CT molecular complexity index is 1580. The summed E-state index contributed by atoms with van der Waals surface area (Å²) >= 11 is 0. The van der Waals surface area contributed by atoms with Crippen molar-refractivity contribution in [1.82, 2.24) is 18.7 Å². The Hall–Kier alpha value is -4.14. The van der Waals surface area contributed by atoms with Crippen LogP contribution in [0, 0.1) is 0 Å². The van der Waals surface area contributed by atoms with Crippen LogP contribution in [0.5, 0.6) is 0 Å². The minimum Gasteiger partial charge on any atom is -0.456 e. The molecule has 150 valence electrons. The number of nitrogens with one attached hydrogen (secondary N) is 1. The maximum absolute atomic E-state index is 12.6. The number of para-hydroxylation sites is 1. The van der Waals surface area contributed by atoms with Gasteiger partial charge in [0, 0.05) is 36.6 Å². The third-order valence-corrected chi connectivity index (χ3v) is 5.19. The summed E-state index contributed by atoms with van der Waals surface area (Å²) in [4.78, 5) is 41.3. The molecule has 5 rings (SSSR count). The molecule has 0 unspecified atom stereocenters. The maximum Gasteiger partial charge on any atom is 0.332 e. The van der Waals surface area contributed by atoms with Crippen LogP contribution in [0.25, 0.3) is 33.1 Å². The van der Waals surface area contributed by atoms with Crippen molar-refractivity contribution in [2.24, 2.45) is 14.1 Å². The quantitative estimate of drug-likeness (QED) is 0.496. The molecule has 0 aliphatic heterocycles. The maximum atomic E-state index is 12.6. The molecule has 1 N–H and O–H groups in total. The predicted molar refractivity (Wildman–Crippen MR) is 113 cm³/mol. The summed E-state index contributed by atoms with van der Waals surface area (Å²) in [6, 6.07) is 13.2. The van der Waals surface area contributed by atoms with E-state index in [1.54, 1.807) is 12.1 Å². The predicted octanol–water partition coefficient (Wildman–Crippen LogP) is 1.97. The number of hydrogen-bond donors (Lipinski definition) is 1. The number of fused-ring (bicyclic) bond motifs is 4. The van der Waals surface area contributed by atoms with Gasteiger partial charge in [-0.3, -0.25) is 18.7 Å². The highest BCUT2D eigenvalue weighted by Gasteiger charge is 2.16. The SMILES string of the molecule is Cn1c(=O)c2c(ncn2CC(=O)Nc2ccc3c(c2)oc2ccccc23)n(C)c1=O. The van der Waals surface area contributed by atoms with Gasteiger partial charge in [0.25, 0.3) is 5.56 Å². The van der Waals surface area contributed by atoms with Crippen LogP contribution in [0.4, 0.5) is 5.69 Å². The number of aromatic nitrogens is 4. The van der Waals surface area contributed by atoms with E-state index in [0.29, 0.717) is 11.3 Å². The van der Waals surface area contributed by atoms with E-state index in [2.05, 4.69) is 10.3 Å². The van der Waals surface area contributed by atoms with Gasteiger partial charge < -0.3 is 14.3 Å². The zero-order chi connectivity index (χ0) is 21.0. The lowest BCUT2D eigenvalue weighted by molar-refractivity contribution is -0.116. The Balaban J connectivity index is 1.46. The van der Waals surface area contributed by atoms with Crippen molar-refractivity contribution in [3.63, 3.8) is 0 Å². The zero-order valence-electron chi connectivity index (χ0n) is 16.2. The number of imidazole rings is 1. The number of furan rings is 1. The lowest BCUT2D eigenvalue weighted by atomic mass is 10.1. The van der Waals surface area contributed by atoms with Crippen molar-refractivity contribution in [2.45, 2.75) is 6.54 Å². The third-order valence-electron chi connectivity index (χ3n) is 5.19. The normalized spacial score (nSPS) is 11.5. The monoisotopic (exact) mass is 403 g/mol. The van der Waals surface area contributed by atoms with Crippen molar-refractivity contribution >= 4 is 44.7 Å². The molecular formula is C21H17N5O4. The molecule has 2 aromatic carbocycles. The molecule has 5 aromatic rings. The third kappa shape index (κ3) is 2.63. The molecular weight excluding hydrogens is 386 g/mol. The minimum atomic E-state index is -0.498. The van der Waals surface area contributed by atoms with Crippen LogP contribution < -0.4 is 16.6 Å². The fourth-order valence-corrected chi connectivity index (χ4v) is 3.68. The van der Waals surface area contributed by atoms with E-state index in [0.717, 1.165) is 20.9 Å². The van der Waals surface area contributed by atoms with E-state index in [1.165, 1.54) is 29.6 Å². The lowest BCUT2D eigenvalue weighted by Gasteiger charge is -2.08. The van der Waals surface area contributed by atoms with Crippen LogP contribution in [0.15, 0.2) is 62.8 Å². The van der Waals surface area contributed by atoms with Crippen molar-refractivity contribution in [1.29, 1.82) is 0 Å². The molecule has 0 saturated carbocycles. The van der Waals surface area contributed by atoms with Gasteiger partial charge in [0.15, 0.2) is 11.2 Å². The Morgan fingerprint density at radius 3 is 2.63 bits per heavy atom. The Morgan fingerprint density at radius 2 is 1.80 bits per heavy atom. The first-order chi connectivity index (χ1) is 14.4. The van der Waals surface area contributed by atoms with Crippen LogP contribution in [-0.2, 0) is 25.4 Å². The molecule has 1 amide bonds. The van der Waals surface area contributed by atoms with Crippen LogP contribution in [0.3, 0.4) is 0 Å². The number of carbonyl (C=O) groups excluding carboxylic acids is 1. The van der Waals surface area contributed by atoms with Gasteiger partial charge >= 0.3 is 5.69 Å². The molecule has 3 heterocycles. The number of amides is 1. The van der Waals surface area contributed by atoms with Gasteiger partial charge in [-0.05, 0) is 18.2 Å². The van der Waals surface area contributed by atoms with Crippen molar-refractivity contribution < 1.29 is 9.21 Å². The molecule has 0 spiro atoms. The molecule has 0 aliphatic carbocycles. The Kier molecular flexibility index (Phi) is 3.85. The molecule has 0 aliphatic rings. The average Bonchev–Trinajstić information content (AvgIpc) is 3.31. The van der Waals surface area contributed by atoms with E-state index in [9.17, 15) is 14.4 Å². The van der Waals surface area contributed by atoms with E-state index >= 15 is 0 Å². The fraction of sp³-hybridized carbons (Fsp3) is 0.143. The molecule has 0 atom stereocenters.